The fraction of sp³-hybridized carbons (Fsp3) is 0.442. The molecule has 9 aliphatic heterocycles. The molecule has 43 heteroatoms. The number of aromatic hydroxyl groups is 2. The summed E-state index contributed by atoms with van der Waals surface area (Å²) in [4.78, 5) is 141. The van der Waals surface area contributed by atoms with Gasteiger partial charge in [0.05, 0.1) is 37.9 Å². The fourth-order valence-electron chi connectivity index (χ4n) is 19.4. The predicted molar refractivity (Wildman–Crippen MR) is 477 cm³/mol. The van der Waals surface area contributed by atoms with Crippen LogP contribution >= 0.6 is 11.6 Å². The zero-order valence-corrected chi connectivity index (χ0v) is 75.1. The molecule has 42 nitrogen and oxygen atoms in total. The average molecular weight is 1940 g/mol. The van der Waals surface area contributed by atoms with Crippen molar-refractivity contribution in [1.29, 1.82) is 0 Å². The molecule has 5 aromatic rings. The number of rotatable bonds is 16. The van der Waals surface area contributed by atoms with Crippen molar-refractivity contribution >= 4 is 75.6 Å². The first kappa shape index (κ1) is 98.8. The number of phenolic OH excluding ortho intramolecular Hbond substituents is 2. The lowest BCUT2D eigenvalue weighted by molar-refractivity contribution is -0.292. The van der Waals surface area contributed by atoms with Gasteiger partial charge < -0.3 is 167 Å². The van der Waals surface area contributed by atoms with Crippen LogP contribution in [0.1, 0.15) is 100 Å². The Hall–Kier alpha value is -12.3. The van der Waals surface area contributed by atoms with Gasteiger partial charge >= 0.3 is 5.97 Å². The molecular weight excluding hydrogens is 1830 g/mol. The normalized spacial score (nSPS) is 33.4. The Balaban J connectivity index is 0.944. The molecular formula is C95H106ClN9O33. The Kier molecular flexibility index (Phi) is 29.4. The first-order chi connectivity index (χ1) is 65.9. The summed E-state index contributed by atoms with van der Waals surface area (Å²) in [5.41, 5.74) is 6.03. The fourth-order valence-corrected chi connectivity index (χ4v) is 19.7. The van der Waals surface area contributed by atoms with Gasteiger partial charge in [-0.3, -0.25) is 38.4 Å². The van der Waals surface area contributed by atoms with Crippen LogP contribution in [0.25, 0.3) is 10.8 Å². The summed E-state index contributed by atoms with van der Waals surface area (Å²) >= 11 is 7.70. The lowest BCUT2D eigenvalue weighted by Crippen LogP contribution is -2.67. The van der Waals surface area contributed by atoms with Crippen LogP contribution < -0.4 is 67.2 Å². The second-order valence-electron chi connectivity index (χ2n) is 35.9. The van der Waals surface area contributed by atoms with Crippen LogP contribution in [0.3, 0.4) is 0 Å². The molecule has 0 aromatic heterocycles. The summed E-state index contributed by atoms with van der Waals surface area (Å²) in [5, 5.41) is 194. The summed E-state index contributed by atoms with van der Waals surface area (Å²) in [6, 6.07) is 3.35. The number of phenols is 2. The largest absolute Gasteiger partial charge is 0.508 e. The lowest BCUT2D eigenvalue weighted by atomic mass is 9.68. The number of nitrogens with one attached hydrogen (secondary N) is 8. The van der Waals surface area contributed by atoms with Crippen molar-refractivity contribution in [3.8, 4) is 40.2 Å². The zero-order chi connectivity index (χ0) is 98.6. The number of aliphatic hydroxyl groups excluding tert-OH is 12. The van der Waals surface area contributed by atoms with E-state index >= 15 is 24.0 Å². The van der Waals surface area contributed by atoms with Crippen LogP contribution in [0, 0.1) is 17.8 Å². The van der Waals surface area contributed by atoms with Crippen molar-refractivity contribution in [2.24, 2.45) is 23.5 Å². The summed E-state index contributed by atoms with van der Waals surface area (Å²) in [7, 11) is 0. The highest BCUT2D eigenvalue weighted by Crippen LogP contribution is 2.51. The molecule has 13 unspecified atom stereocenters. The SMILES string of the molecule is CC(=O)NC1C(O)[C@H](O)C(CO)O[C@H]1O[C@@H]1C2=CC=C(Oc3cc4cc(c3O[C@@H]3OC(CO)[C@@H](O)C(O)C3NC(=O)CCc3ccc5ccccc5c3)OC3=C(C)C=C(CC3C)C[C@H]3NC(=O)[C@H](N)c5ccc(O)c(c5)Oc5cc(O)cc(c5)[C@H](NC3=O)C(=O)N[C@H]4C(=O)N[C@H]3C(=O)N[C@@H]1C(=O)N[C@H](C(=O)O)C1=CC(O)CC(O[C@H]4OC(CO)[C@@H](O)C(O)C4O)=C1C1C(CO)=CC=C3C1C)[C@@H](Cl)C2. The number of carboxylic acids is 1. The van der Waals surface area contributed by atoms with Crippen LogP contribution in [-0.2, 0) is 73.3 Å². The number of ether oxygens (including phenoxy) is 9. The summed E-state index contributed by atoms with van der Waals surface area (Å²) in [6.07, 6.45) is -24.3. The number of hydrogen-bond donors (Lipinski definition) is 24. The first-order valence-electron chi connectivity index (χ1n) is 44.8. The summed E-state index contributed by atoms with van der Waals surface area (Å²) < 4.78 is 59.1. The van der Waals surface area contributed by atoms with E-state index in [9.17, 15) is 95.8 Å². The number of fused-ring (bicyclic) bond motifs is 15. The molecule has 4 saturated heterocycles. The Morgan fingerprint density at radius 1 is 0.580 bits per heavy atom. The van der Waals surface area contributed by atoms with Gasteiger partial charge in [-0.2, -0.15) is 0 Å². The van der Waals surface area contributed by atoms with Gasteiger partial charge in [0.25, 0.3) is 0 Å². The van der Waals surface area contributed by atoms with Gasteiger partial charge in [0, 0.05) is 43.2 Å². The molecule has 5 aromatic carbocycles. The van der Waals surface area contributed by atoms with Crippen LogP contribution in [0.15, 0.2) is 184 Å². The van der Waals surface area contributed by atoms with E-state index in [0.717, 1.165) is 53.6 Å². The van der Waals surface area contributed by atoms with Crippen molar-refractivity contribution in [3.63, 3.8) is 0 Å². The van der Waals surface area contributed by atoms with Gasteiger partial charge in [0.1, 0.15) is 144 Å². The number of aliphatic hydroxyl groups is 12. The number of carbonyl (C=O) groups is 9. The van der Waals surface area contributed by atoms with Crippen LogP contribution in [-0.4, -0.2) is 290 Å². The second-order valence-corrected chi connectivity index (χ2v) is 36.4. The number of hydrogen-bond acceptors (Lipinski definition) is 33. The minimum atomic E-state index is -2.51. The van der Waals surface area contributed by atoms with Gasteiger partial charge in [0.2, 0.25) is 65.6 Å². The molecule has 4 aliphatic carbocycles. The second kappa shape index (κ2) is 41.0. The molecule has 8 amide bonds. The smallest absolute Gasteiger partial charge is 0.330 e. The maximum absolute atomic E-state index is 17.4. The molecule has 9 heterocycles. The number of aryl methyl sites for hydroxylation is 1. The molecule has 4 fully saturated rings. The number of aliphatic carboxylic acids is 1. The zero-order valence-electron chi connectivity index (χ0n) is 74.4. The molecule has 138 heavy (non-hydrogen) atoms. The molecule has 736 valence electrons. The average Bonchev–Trinajstić information content (AvgIpc) is 0.751. The number of nitrogens with two attached hydrogens (primary N) is 1. The molecule has 18 rings (SSSR count). The summed E-state index contributed by atoms with van der Waals surface area (Å²) in [6.45, 7) is 1.74. The Labute approximate surface area is 791 Å². The first-order valence-corrected chi connectivity index (χ1v) is 45.2. The van der Waals surface area contributed by atoms with Crippen molar-refractivity contribution in [3.05, 3.63) is 206 Å². The quantitative estimate of drug-likeness (QED) is 0.0499. The standard InChI is InChI=1S/C95H106ClN9O33/c1-36-19-41-20-37(2)83(36)132-61-28-48-27-60(85(61)138-94-74(80(119)77(116)63(34-108)135-94)100-65(114)18-10-40-9-11-42-7-5-6-8-43(42)21-40)131-57-17-14-45(25-54(57)96)84(137-93-73(98-39(4)110)79(118)76(115)62(33-107)134-93)75-91(127)104-72(92(128)129)53-30-50(112)31-59(133-95-82(121)81(120)78(117)64(35-109)136-95)67(53)66-38(3)52(15-12-46(66)32-106)71(90(126)105-75)103-89(125)70(48)102-88(124)69-47-23-49(111)29-51(24-47)130-58-26-44(13-16-56(58)113)68(97)87(123)99-55(22-41)86(122)101-69/h5-9,11-17,19,21,23-24,26-30,37-38,50,54-55,62-64,66,68-82,84,93-95,106-109,111-113,115-121H,10,18,20,22,25,31-35,97H2,1-4H3,(H,98,110)(H,99,123)(H,100,114)(H,101,122)(H,102,124)(H,103,125)(H,104,127)(H,105,126)(H,128,129)/t37?,38?,50?,54-,55+,62?,63?,64?,66?,68+,69-,70+,71+,72-,73?,74?,75-,76+,77+,78+,79?,80?,81?,82?,84+,93-,94-,95-/m0/s1. The van der Waals surface area contributed by atoms with Crippen molar-refractivity contribution in [2.75, 3.05) is 26.4 Å². The number of benzene rings is 5. The highest BCUT2D eigenvalue weighted by atomic mass is 35.5. The van der Waals surface area contributed by atoms with Crippen molar-refractivity contribution < 1.29 is 162 Å². The maximum atomic E-state index is 17.4. The van der Waals surface area contributed by atoms with E-state index in [-0.39, 0.29) is 82.1 Å². The molecule has 13 aliphatic rings. The maximum Gasteiger partial charge on any atom is 0.330 e. The third-order valence-electron chi connectivity index (χ3n) is 26.4. The molecule has 0 radical (unpaired) electrons. The van der Waals surface area contributed by atoms with E-state index in [0.29, 0.717) is 11.1 Å². The number of amides is 8. The number of allylic oxidation sites excluding steroid dienone is 8. The van der Waals surface area contributed by atoms with Gasteiger partial charge in [-0.1, -0.05) is 92.3 Å². The Morgan fingerprint density at radius 3 is 1.88 bits per heavy atom. The Bertz CT molecular complexity index is 5920. The molecule has 17 bridgehead atoms. The van der Waals surface area contributed by atoms with Crippen molar-refractivity contribution in [2.45, 2.75) is 218 Å². The molecule has 0 saturated carbocycles. The van der Waals surface area contributed by atoms with Crippen LogP contribution in [0.2, 0.25) is 0 Å². The van der Waals surface area contributed by atoms with E-state index in [2.05, 4.69) is 42.5 Å². The monoisotopic (exact) mass is 1940 g/mol. The lowest BCUT2D eigenvalue weighted by Gasteiger charge is -2.45. The molecule has 0 spiro atoms. The van der Waals surface area contributed by atoms with E-state index in [4.69, 9.17) is 60.0 Å². The number of halogens is 1. The van der Waals surface area contributed by atoms with Gasteiger partial charge in [-0.25, -0.2) is 4.79 Å². The number of carboxylic acid groups (broad SMARTS) is 1. The van der Waals surface area contributed by atoms with Gasteiger partial charge in [-0.05, 0) is 148 Å². The highest BCUT2D eigenvalue weighted by molar-refractivity contribution is 6.22. The number of carbonyl (C=O) groups excluding carboxylic acids is 8. The van der Waals surface area contributed by atoms with Crippen molar-refractivity contribution in [1.82, 2.24) is 42.5 Å². The third-order valence-corrected chi connectivity index (χ3v) is 26.8. The van der Waals surface area contributed by atoms with E-state index in [1.807, 2.05) is 42.5 Å². The molecule has 25 N–H and O–H groups in total. The molecule has 28 atom stereocenters. The van der Waals surface area contributed by atoms with E-state index < -0.39 is 308 Å². The number of alkyl halides is 1. The summed E-state index contributed by atoms with van der Waals surface area (Å²) in [5.74, 6) is -19.7. The third kappa shape index (κ3) is 20.2. The Morgan fingerprint density at radius 2 is 1.21 bits per heavy atom. The minimum Gasteiger partial charge on any atom is -0.508 e. The van der Waals surface area contributed by atoms with Crippen LogP contribution in [0.5, 0.6) is 40.2 Å². The van der Waals surface area contributed by atoms with Gasteiger partial charge in [-0.15, -0.1) is 11.6 Å². The van der Waals surface area contributed by atoms with Gasteiger partial charge in [0.15, 0.2) is 35.3 Å². The van der Waals surface area contributed by atoms with Crippen LogP contribution in [0.4, 0.5) is 0 Å². The van der Waals surface area contributed by atoms with E-state index in [1.165, 1.54) is 55.5 Å². The van der Waals surface area contributed by atoms with E-state index in [1.54, 1.807) is 19.9 Å². The minimum absolute atomic E-state index is 0.00634. The predicted octanol–water partition coefficient (Wildman–Crippen LogP) is -1.52. The topological polar surface area (TPSA) is 662 Å². The highest BCUT2D eigenvalue weighted by Gasteiger charge is 2.55.